The van der Waals surface area contributed by atoms with Crippen LogP contribution in [0, 0.1) is 0 Å². The molecule has 0 bridgehead atoms. The van der Waals surface area contributed by atoms with E-state index in [0.717, 1.165) is 103 Å². The smallest absolute Gasteiger partial charge is 0.309 e. The molecule has 1 atom stereocenters. The van der Waals surface area contributed by atoms with Crippen molar-refractivity contribution in [3.8, 4) is 0 Å². The van der Waals surface area contributed by atoms with Crippen molar-refractivity contribution in [3.63, 3.8) is 0 Å². The van der Waals surface area contributed by atoms with Gasteiger partial charge in [-0.05, 0) is 89.9 Å². The molecular formula is C57H90O5. The molecule has 0 aromatic carbocycles. The number of carbonyl (C=O) groups excluding carboxylic acids is 2. The Morgan fingerprint density at radius 1 is 0.387 bits per heavy atom. The van der Waals surface area contributed by atoms with Gasteiger partial charge < -0.3 is 14.2 Å². The minimum absolute atomic E-state index is 0.000681. The molecule has 0 saturated heterocycles. The molecule has 0 rings (SSSR count). The summed E-state index contributed by atoms with van der Waals surface area (Å²) in [4.78, 5) is 25.3. The highest BCUT2D eigenvalue weighted by Gasteiger charge is 2.17. The maximum atomic E-state index is 12.7. The standard InChI is InChI=1S/C57H90O5/c1-4-7-10-13-16-19-22-24-26-27-28-29-30-32-34-37-40-43-46-49-52-60-53-55(62-57(59)51-48-45-42-39-35-21-18-15-12-9-6-3)54-61-56(58)50-47-44-41-38-36-33-31-25-23-20-17-14-11-8-5-2/h7-8,10-11,16-17,19-20,24-26,28-29,31-32,34,36,38,40,43-44,47,55H,4-6,9,12-15,18,21-23,27,30,33,35,37,39,41-42,45-46,48-54H2,1-3H3/b10-7-,11-8-,19-16-,20-17-,26-24-,29-28-,31-25-,34-32-,38-36-,43-40-,47-44-. The van der Waals surface area contributed by atoms with E-state index in [-0.39, 0.29) is 31.6 Å². The average molecular weight is 855 g/mol. The zero-order valence-electron chi connectivity index (χ0n) is 39.8. The zero-order valence-corrected chi connectivity index (χ0v) is 39.8. The lowest BCUT2D eigenvalue weighted by atomic mass is 10.1. The van der Waals surface area contributed by atoms with Crippen LogP contribution in [-0.2, 0) is 23.8 Å². The van der Waals surface area contributed by atoms with Crippen molar-refractivity contribution < 1.29 is 23.8 Å². The molecule has 348 valence electrons. The van der Waals surface area contributed by atoms with E-state index < -0.39 is 6.10 Å². The molecule has 62 heavy (non-hydrogen) atoms. The van der Waals surface area contributed by atoms with Crippen LogP contribution in [0.15, 0.2) is 134 Å². The Kier molecular flexibility index (Phi) is 48.1. The van der Waals surface area contributed by atoms with Crippen molar-refractivity contribution in [2.24, 2.45) is 0 Å². The van der Waals surface area contributed by atoms with Crippen LogP contribution in [0.5, 0.6) is 0 Å². The highest BCUT2D eigenvalue weighted by Crippen LogP contribution is 2.13. The Bertz CT molecular complexity index is 1330. The highest BCUT2D eigenvalue weighted by molar-refractivity contribution is 5.71. The molecule has 0 spiro atoms. The van der Waals surface area contributed by atoms with E-state index in [2.05, 4.69) is 142 Å². The van der Waals surface area contributed by atoms with Gasteiger partial charge in [-0.3, -0.25) is 9.59 Å². The molecule has 0 radical (unpaired) electrons. The molecule has 0 N–H and O–H groups in total. The number of hydrogen-bond donors (Lipinski definition) is 0. The number of unbranched alkanes of at least 4 members (excludes halogenated alkanes) is 11. The van der Waals surface area contributed by atoms with Gasteiger partial charge in [0.2, 0.25) is 0 Å². The zero-order chi connectivity index (χ0) is 44.9. The minimum atomic E-state index is -0.613. The third-order valence-electron chi connectivity index (χ3n) is 9.71. The average Bonchev–Trinajstić information content (AvgIpc) is 3.27. The first-order valence-corrected chi connectivity index (χ1v) is 24.7. The largest absolute Gasteiger partial charge is 0.461 e. The predicted molar refractivity (Wildman–Crippen MR) is 269 cm³/mol. The van der Waals surface area contributed by atoms with Gasteiger partial charge in [-0.1, -0.05) is 219 Å². The van der Waals surface area contributed by atoms with Crippen molar-refractivity contribution in [2.75, 3.05) is 19.8 Å². The lowest BCUT2D eigenvalue weighted by Gasteiger charge is -2.18. The molecule has 0 aromatic rings. The van der Waals surface area contributed by atoms with E-state index in [0.29, 0.717) is 13.0 Å². The Morgan fingerprint density at radius 2 is 0.758 bits per heavy atom. The molecular weight excluding hydrogens is 765 g/mol. The molecule has 5 nitrogen and oxygen atoms in total. The van der Waals surface area contributed by atoms with Crippen LogP contribution < -0.4 is 0 Å². The summed E-state index contributed by atoms with van der Waals surface area (Å²) in [6.07, 6.45) is 73.5. The van der Waals surface area contributed by atoms with Crippen molar-refractivity contribution in [3.05, 3.63) is 134 Å². The molecule has 0 aliphatic heterocycles. The summed E-state index contributed by atoms with van der Waals surface area (Å²) in [5.74, 6) is -0.586. The van der Waals surface area contributed by atoms with E-state index in [9.17, 15) is 9.59 Å². The maximum Gasteiger partial charge on any atom is 0.309 e. The van der Waals surface area contributed by atoms with Crippen LogP contribution in [0.2, 0.25) is 0 Å². The number of allylic oxidation sites excluding steroid dienone is 21. The quantitative estimate of drug-likeness (QED) is 0.0347. The van der Waals surface area contributed by atoms with Gasteiger partial charge >= 0.3 is 11.9 Å². The number of rotatable bonds is 43. The Morgan fingerprint density at radius 3 is 1.18 bits per heavy atom. The Labute approximate surface area is 381 Å². The third kappa shape index (κ3) is 48.7. The molecule has 1 unspecified atom stereocenters. The highest BCUT2D eigenvalue weighted by atomic mass is 16.6. The molecule has 0 aliphatic carbocycles. The second-order valence-corrected chi connectivity index (χ2v) is 15.6. The predicted octanol–water partition coefficient (Wildman–Crippen LogP) is 16.8. The van der Waals surface area contributed by atoms with Gasteiger partial charge in [0.1, 0.15) is 6.61 Å². The summed E-state index contributed by atoms with van der Waals surface area (Å²) in [5.41, 5.74) is 0. The summed E-state index contributed by atoms with van der Waals surface area (Å²) >= 11 is 0. The van der Waals surface area contributed by atoms with Crippen LogP contribution in [0.1, 0.15) is 188 Å². The van der Waals surface area contributed by atoms with Crippen LogP contribution >= 0.6 is 0 Å². The number of ether oxygens (including phenoxy) is 3. The van der Waals surface area contributed by atoms with Crippen LogP contribution in [0.4, 0.5) is 0 Å². The molecule has 0 aliphatic rings. The molecule has 0 saturated carbocycles. The number of esters is 2. The van der Waals surface area contributed by atoms with Crippen molar-refractivity contribution in [1.29, 1.82) is 0 Å². The van der Waals surface area contributed by atoms with Crippen LogP contribution in [-0.4, -0.2) is 37.9 Å². The van der Waals surface area contributed by atoms with E-state index in [1.54, 1.807) is 0 Å². The van der Waals surface area contributed by atoms with E-state index in [1.165, 1.54) is 51.4 Å². The summed E-state index contributed by atoms with van der Waals surface area (Å²) in [7, 11) is 0. The van der Waals surface area contributed by atoms with E-state index in [4.69, 9.17) is 14.2 Å². The first kappa shape index (κ1) is 58.0. The molecule has 0 aromatic heterocycles. The fraction of sp³-hybridized carbons (Fsp3) is 0.579. The number of hydrogen-bond acceptors (Lipinski definition) is 5. The second-order valence-electron chi connectivity index (χ2n) is 15.6. The summed E-state index contributed by atoms with van der Waals surface area (Å²) in [6.45, 7) is 7.32. The van der Waals surface area contributed by atoms with Crippen LogP contribution in [0.25, 0.3) is 0 Å². The summed E-state index contributed by atoms with van der Waals surface area (Å²) in [5, 5.41) is 0. The van der Waals surface area contributed by atoms with Gasteiger partial charge in [0.15, 0.2) is 6.10 Å². The van der Waals surface area contributed by atoms with E-state index in [1.807, 2.05) is 12.2 Å². The Hall–Kier alpha value is -3.96. The fourth-order valence-electron chi connectivity index (χ4n) is 6.13. The normalized spacial score (nSPS) is 13.4. The monoisotopic (exact) mass is 855 g/mol. The lowest BCUT2D eigenvalue weighted by molar-refractivity contribution is -0.162. The Balaban J connectivity index is 4.49. The molecule has 0 heterocycles. The van der Waals surface area contributed by atoms with Gasteiger partial charge in [0, 0.05) is 13.0 Å². The summed E-state index contributed by atoms with van der Waals surface area (Å²) in [6, 6.07) is 0. The second kappa shape index (κ2) is 51.4. The van der Waals surface area contributed by atoms with Crippen LogP contribution in [0.3, 0.4) is 0 Å². The minimum Gasteiger partial charge on any atom is -0.461 e. The van der Waals surface area contributed by atoms with Gasteiger partial charge in [0.05, 0.1) is 13.0 Å². The van der Waals surface area contributed by atoms with Gasteiger partial charge in [-0.15, -0.1) is 0 Å². The van der Waals surface area contributed by atoms with Gasteiger partial charge in [0.25, 0.3) is 0 Å². The molecule has 5 heteroatoms. The lowest BCUT2D eigenvalue weighted by Crippen LogP contribution is -2.30. The number of carbonyl (C=O) groups is 2. The van der Waals surface area contributed by atoms with Crippen molar-refractivity contribution in [2.45, 2.75) is 194 Å². The first-order chi connectivity index (χ1) is 30.6. The van der Waals surface area contributed by atoms with Crippen molar-refractivity contribution >= 4 is 11.9 Å². The molecule has 0 fully saturated rings. The third-order valence-corrected chi connectivity index (χ3v) is 9.71. The van der Waals surface area contributed by atoms with Gasteiger partial charge in [-0.25, -0.2) is 0 Å². The topological polar surface area (TPSA) is 61.8 Å². The summed E-state index contributed by atoms with van der Waals surface area (Å²) < 4.78 is 17.2. The molecule has 0 amide bonds. The van der Waals surface area contributed by atoms with Crippen molar-refractivity contribution in [1.82, 2.24) is 0 Å². The maximum absolute atomic E-state index is 12.7. The first-order valence-electron chi connectivity index (χ1n) is 24.7. The van der Waals surface area contributed by atoms with E-state index >= 15 is 0 Å². The SMILES string of the molecule is CC/C=C\C/C=C\C/C=C\C/C=C\C/C=C\C/C=C\CCCOCC(COC(=O)C/C=C\C/C=C\C/C=C\C/C=C\C/C=C\CC)OC(=O)CCCCCCCCCCCCC. The van der Waals surface area contributed by atoms with Gasteiger partial charge in [-0.2, -0.15) is 0 Å². The fourth-order valence-corrected chi connectivity index (χ4v) is 6.13.